The Bertz CT molecular complexity index is 307. The van der Waals surface area contributed by atoms with Crippen LogP contribution in [0.4, 0.5) is 0 Å². The number of rotatable bonds is 2. The summed E-state index contributed by atoms with van der Waals surface area (Å²) in [4.78, 5) is 14.8. The molecular weight excluding hydrogens is 246 g/mol. The van der Waals surface area contributed by atoms with E-state index in [9.17, 15) is 4.79 Å². The van der Waals surface area contributed by atoms with E-state index in [1.807, 2.05) is 11.8 Å². The van der Waals surface area contributed by atoms with Crippen molar-refractivity contribution in [3.8, 4) is 0 Å². The van der Waals surface area contributed by atoms with Gasteiger partial charge in [-0.3, -0.25) is 4.79 Å². The number of fused-ring (bicyclic) bond motifs is 1. The first-order valence-electron chi connectivity index (χ1n) is 7.18. The van der Waals surface area contributed by atoms with Gasteiger partial charge >= 0.3 is 0 Å². The SMILES string of the molecule is O=C(NC1CCN2CCCC2C1)C1CSCCN1. The molecule has 18 heavy (non-hydrogen) atoms. The lowest BCUT2D eigenvalue weighted by molar-refractivity contribution is -0.123. The first-order chi connectivity index (χ1) is 8.83. The summed E-state index contributed by atoms with van der Waals surface area (Å²) in [6.45, 7) is 3.40. The van der Waals surface area contributed by atoms with Gasteiger partial charge in [-0.2, -0.15) is 11.8 Å². The van der Waals surface area contributed by atoms with Crippen molar-refractivity contribution in [3.63, 3.8) is 0 Å². The van der Waals surface area contributed by atoms with E-state index in [0.717, 1.165) is 36.9 Å². The summed E-state index contributed by atoms with van der Waals surface area (Å²) in [7, 11) is 0. The van der Waals surface area contributed by atoms with E-state index in [-0.39, 0.29) is 11.9 Å². The normalized spacial score (nSPS) is 37.2. The molecule has 2 N–H and O–H groups in total. The second-order valence-electron chi connectivity index (χ2n) is 5.64. The van der Waals surface area contributed by atoms with Gasteiger partial charge in [0.1, 0.15) is 0 Å². The number of carbonyl (C=O) groups excluding carboxylic acids is 1. The maximum Gasteiger partial charge on any atom is 0.238 e. The highest BCUT2D eigenvalue weighted by molar-refractivity contribution is 7.99. The third-order valence-electron chi connectivity index (χ3n) is 4.40. The summed E-state index contributed by atoms with van der Waals surface area (Å²) in [6, 6.07) is 1.17. The highest BCUT2D eigenvalue weighted by Crippen LogP contribution is 2.26. The number of hydrogen-bond acceptors (Lipinski definition) is 4. The Balaban J connectivity index is 1.48. The van der Waals surface area contributed by atoms with Crippen molar-refractivity contribution in [1.29, 1.82) is 0 Å². The van der Waals surface area contributed by atoms with Gasteiger partial charge in [0.05, 0.1) is 6.04 Å². The third-order valence-corrected chi connectivity index (χ3v) is 5.47. The van der Waals surface area contributed by atoms with Gasteiger partial charge < -0.3 is 15.5 Å². The fraction of sp³-hybridized carbons (Fsp3) is 0.923. The first-order valence-corrected chi connectivity index (χ1v) is 8.34. The Labute approximate surface area is 113 Å². The zero-order valence-electron chi connectivity index (χ0n) is 10.9. The van der Waals surface area contributed by atoms with E-state index in [1.165, 1.54) is 25.9 Å². The Morgan fingerprint density at radius 2 is 2.28 bits per heavy atom. The average Bonchev–Trinajstić information content (AvgIpc) is 2.87. The van der Waals surface area contributed by atoms with E-state index in [0.29, 0.717) is 6.04 Å². The molecule has 3 aliphatic rings. The average molecular weight is 269 g/mol. The lowest BCUT2D eigenvalue weighted by Gasteiger charge is -2.36. The molecule has 0 radical (unpaired) electrons. The van der Waals surface area contributed by atoms with E-state index in [4.69, 9.17) is 0 Å². The summed E-state index contributed by atoms with van der Waals surface area (Å²) >= 11 is 1.88. The molecule has 3 aliphatic heterocycles. The van der Waals surface area contributed by atoms with Crippen molar-refractivity contribution < 1.29 is 4.79 Å². The van der Waals surface area contributed by atoms with Crippen LogP contribution in [0.15, 0.2) is 0 Å². The lowest BCUT2D eigenvalue weighted by atomic mass is 9.97. The number of carbonyl (C=O) groups is 1. The van der Waals surface area contributed by atoms with Gasteiger partial charge in [-0.15, -0.1) is 0 Å². The van der Waals surface area contributed by atoms with Crippen molar-refractivity contribution in [2.45, 2.75) is 43.8 Å². The molecular formula is C13H23N3OS. The van der Waals surface area contributed by atoms with Crippen LogP contribution in [0.25, 0.3) is 0 Å². The van der Waals surface area contributed by atoms with E-state index in [2.05, 4.69) is 15.5 Å². The van der Waals surface area contributed by atoms with Crippen LogP contribution in [0, 0.1) is 0 Å². The van der Waals surface area contributed by atoms with Crippen molar-refractivity contribution in [2.75, 3.05) is 31.1 Å². The topological polar surface area (TPSA) is 44.4 Å². The van der Waals surface area contributed by atoms with E-state index < -0.39 is 0 Å². The Morgan fingerprint density at radius 1 is 1.33 bits per heavy atom. The minimum absolute atomic E-state index is 0.0327. The molecule has 0 saturated carbocycles. The largest absolute Gasteiger partial charge is 0.352 e. The van der Waals surface area contributed by atoms with Crippen LogP contribution < -0.4 is 10.6 Å². The van der Waals surface area contributed by atoms with Gasteiger partial charge in [0, 0.05) is 36.7 Å². The summed E-state index contributed by atoms with van der Waals surface area (Å²) in [5.74, 6) is 2.27. The number of hydrogen-bond donors (Lipinski definition) is 2. The molecule has 0 bridgehead atoms. The number of nitrogens with one attached hydrogen (secondary N) is 2. The highest BCUT2D eigenvalue weighted by atomic mass is 32.2. The quantitative estimate of drug-likeness (QED) is 0.763. The van der Waals surface area contributed by atoms with Crippen molar-refractivity contribution in [3.05, 3.63) is 0 Å². The van der Waals surface area contributed by atoms with Crippen LogP contribution in [0.1, 0.15) is 25.7 Å². The van der Waals surface area contributed by atoms with Crippen LogP contribution in [-0.2, 0) is 4.79 Å². The summed E-state index contributed by atoms with van der Waals surface area (Å²) < 4.78 is 0. The number of nitrogens with zero attached hydrogens (tertiary/aromatic N) is 1. The maximum atomic E-state index is 12.2. The smallest absolute Gasteiger partial charge is 0.238 e. The van der Waals surface area contributed by atoms with Crippen molar-refractivity contribution in [2.24, 2.45) is 0 Å². The van der Waals surface area contributed by atoms with Gasteiger partial charge in [-0.25, -0.2) is 0 Å². The highest BCUT2D eigenvalue weighted by Gasteiger charge is 2.33. The molecule has 3 heterocycles. The predicted molar refractivity (Wildman–Crippen MR) is 74.9 cm³/mol. The maximum absolute atomic E-state index is 12.2. The molecule has 0 aliphatic carbocycles. The zero-order valence-corrected chi connectivity index (χ0v) is 11.7. The molecule has 3 saturated heterocycles. The van der Waals surface area contributed by atoms with E-state index in [1.54, 1.807) is 0 Å². The fourth-order valence-electron chi connectivity index (χ4n) is 3.39. The standard InChI is InChI=1S/C13H23N3OS/c17-13(12-9-18-7-4-14-12)15-10-3-6-16-5-1-2-11(16)8-10/h10-12,14H,1-9H2,(H,15,17). The van der Waals surface area contributed by atoms with Crippen LogP contribution in [-0.4, -0.2) is 60.1 Å². The van der Waals surface area contributed by atoms with E-state index >= 15 is 0 Å². The molecule has 3 unspecified atom stereocenters. The Hall–Kier alpha value is -0.260. The molecule has 102 valence electrons. The van der Waals surface area contributed by atoms with Gasteiger partial charge in [0.25, 0.3) is 0 Å². The van der Waals surface area contributed by atoms with Crippen molar-refractivity contribution >= 4 is 17.7 Å². The number of piperidine rings is 1. The molecule has 3 atom stereocenters. The molecule has 0 aromatic rings. The second kappa shape index (κ2) is 5.80. The van der Waals surface area contributed by atoms with Crippen LogP contribution in [0.5, 0.6) is 0 Å². The molecule has 5 heteroatoms. The second-order valence-corrected chi connectivity index (χ2v) is 6.79. The van der Waals surface area contributed by atoms with Crippen LogP contribution in [0.3, 0.4) is 0 Å². The van der Waals surface area contributed by atoms with Gasteiger partial charge in [0.15, 0.2) is 0 Å². The first kappa shape index (κ1) is 12.8. The molecule has 0 aromatic heterocycles. The number of amides is 1. The third kappa shape index (κ3) is 2.83. The van der Waals surface area contributed by atoms with Gasteiger partial charge in [0.2, 0.25) is 5.91 Å². The van der Waals surface area contributed by atoms with Gasteiger partial charge in [-0.1, -0.05) is 0 Å². The van der Waals surface area contributed by atoms with Crippen molar-refractivity contribution in [1.82, 2.24) is 15.5 Å². The van der Waals surface area contributed by atoms with Crippen LogP contribution in [0.2, 0.25) is 0 Å². The minimum atomic E-state index is 0.0327. The number of thioether (sulfide) groups is 1. The summed E-state index contributed by atoms with van der Waals surface area (Å²) in [6.07, 6.45) is 4.95. The molecule has 0 aromatic carbocycles. The van der Waals surface area contributed by atoms with Crippen LogP contribution >= 0.6 is 11.8 Å². The fourth-order valence-corrected chi connectivity index (χ4v) is 4.32. The van der Waals surface area contributed by atoms with Gasteiger partial charge in [-0.05, 0) is 32.2 Å². The molecule has 4 nitrogen and oxygen atoms in total. The Morgan fingerprint density at radius 3 is 3.11 bits per heavy atom. The molecule has 3 rings (SSSR count). The molecule has 3 fully saturated rings. The predicted octanol–water partition coefficient (Wildman–Crippen LogP) is 0.434. The summed E-state index contributed by atoms with van der Waals surface area (Å²) in [5, 5.41) is 6.57. The zero-order chi connectivity index (χ0) is 12.4. The molecule has 1 amide bonds. The minimum Gasteiger partial charge on any atom is -0.352 e. The molecule has 0 spiro atoms. The summed E-state index contributed by atoms with van der Waals surface area (Å²) in [5.41, 5.74) is 0. The Kier molecular flexibility index (Phi) is 4.11. The lowest BCUT2D eigenvalue weighted by Crippen LogP contribution is -2.54. The monoisotopic (exact) mass is 269 g/mol.